The van der Waals surface area contributed by atoms with Crippen LogP contribution < -0.4 is 5.14 Å². The Kier molecular flexibility index (Phi) is 3.72. The molecule has 0 heterocycles. The molecule has 1 amide bonds. The second kappa shape index (κ2) is 4.88. The van der Waals surface area contributed by atoms with Crippen molar-refractivity contribution in [3.8, 4) is 0 Å². The molecule has 0 radical (unpaired) electrons. The zero-order valence-electron chi connectivity index (χ0n) is 10.7. The van der Waals surface area contributed by atoms with Gasteiger partial charge in [0.15, 0.2) is 0 Å². The van der Waals surface area contributed by atoms with Gasteiger partial charge in [-0.05, 0) is 37.5 Å². The first-order chi connectivity index (χ1) is 8.71. The Balaban J connectivity index is 2.51. The molecule has 0 bridgehead atoms. The summed E-state index contributed by atoms with van der Waals surface area (Å²) in [5, 5.41) is 5.17. The zero-order valence-corrected chi connectivity index (χ0v) is 13.1. The van der Waals surface area contributed by atoms with E-state index in [4.69, 9.17) is 5.14 Å². The molecule has 1 saturated carbocycles. The van der Waals surface area contributed by atoms with Gasteiger partial charge in [0.2, 0.25) is 10.0 Å². The van der Waals surface area contributed by atoms with E-state index in [-0.39, 0.29) is 16.8 Å². The number of carbonyl (C=O) groups excluding carboxylic acids is 1. The molecule has 1 aliphatic carbocycles. The first-order valence-electron chi connectivity index (χ1n) is 5.82. The number of halogens is 1. The van der Waals surface area contributed by atoms with Crippen molar-refractivity contribution in [1.29, 1.82) is 0 Å². The summed E-state index contributed by atoms with van der Waals surface area (Å²) in [7, 11) is -2.11. The van der Waals surface area contributed by atoms with Crippen LogP contribution in [0.4, 0.5) is 0 Å². The highest BCUT2D eigenvalue weighted by Gasteiger charge is 2.31. The highest BCUT2D eigenvalue weighted by atomic mass is 79.9. The van der Waals surface area contributed by atoms with Crippen molar-refractivity contribution in [2.75, 3.05) is 7.05 Å². The van der Waals surface area contributed by atoms with Gasteiger partial charge in [-0.1, -0.05) is 15.9 Å². The van der Waals surface area contributed by atoms with E-state index in [0.717, 1.165) is 12.8 Å². The van der Waals surface area contributed by atoms with Crippen LogP contribution in [0, 0.1) is 6.92 Å². The van der Waals surface area contributed by atoms with E-state index in [1.807, 2.05) is 0 Å². The van der Waals surface area contributed by atoms with Crippen LogP contribution in [0.25, 0.3) is 0 Å². The molecule has 0 saturated heterocycles. The van der Waals surface area contributed by atoms with E-state index in [2.05, 4.69) is 15.9 Å². The molecule has 104 valence electrons. The predicted octanol–water partition coefficient (Wildman–Crippen LogP) is 1.64. The molecule has 2 rings (SSSR count). The van der Waals surface area contributed by atoms with Crippen LogP contribution in [0.5, 0.6) is 0 Å². The van der Waals surface area contributed by atoms with Gasteiger partial charge in [-0.15, -0.1) is 0 Å². The molecule has 1 aromatic rings. The molecule has 0 aliphatic heterocycles. The molecule has 7 heteroatoms. The SMILES string of the molecule is Cc1c(C(=O)N(C)C2CC2)cc(Br)cc1S(N)(=O)=O. The summed E-state index contributed by atoms with van der Waals surface area (Å²) >= 11 is 3.22. The first kappa shape index (κ1) is 14.5. The number of nitrogens with zero attached hydrogens (tertiary/aromatic N) is 1. The predicted molar refractivity (Wildman–Crippen MR) is 75.4 cm³/mol. The number of amides is 1. The lowest BCUT2D eigenvalue weighted by Gasteiger charge is -2.19. The van der Waals surface area contributed by atoms with E-state index >= 15 is 0 Å². The molecule has 0 unspecified atom stereocenters. The first-order valence-corrected chi connectivity index (χ1v) is 8.16. The standard InChI is InChI=1S/C12H15BrN2O3S/c1-7-10(12(16)15(2)9-3-4-9)5-8(13)6-11(7)19(14,17)18/h5-6,9H,3-4H2,1-2H3,(H2,14,17,18). The molecule has 1 fully saturated rings. The minimum atomic E-state index is -3.84. The van der Waals surface area contributed by atoms with Crippen molar-refractivity contribution in [2.24, 2.45) is 5.14 Å². The van der Waals surface area contributed by atoms with Crippen LogP contribution in [0.15, 0.2) is 21.5 Å². The van der Waals surface area contributed by atoms with Gasteiger partial charge in [0.25, 0.3) is 5.91 Å². The minimum absolute atomic E-state index is 0.0191. The molecule has 1 aliphatic rings. The third-order valence-electron chi connectivity index (χ3n) is 3.28. The number of carbonyl (C=O) groups is 1. The topological polar surface area (TPSA) is 80.5 Å². The van der Waals surface area contributed by atoms with Gasteiger partial charge in [0.05, 0.1) is 4.90 Å². The van der Waals surface area contributed by atoms with Crippen molar-refractivity contribution in [1.82, 2.24) is 4.90 Å². The second-order valence-corrected chi connectivity index (χ2v) is 7.21. The highest BCUT2D eigenvalue weighted by Crippen LogP contribution is 2.29. The number of nitrogens with two attached hydrogens (primary N) is 1. The van der Waals surface area contributed by atoms with Gasteiger partial charge >= 0.3 is 0 Å². The van der Waals surface area contributed by atoms with Crippen molar-refractivity contribution < 1.29 is 13.2 Å². The lowest BCUT2D eigenvalue weighted by atomic mass is 10.1. The average molecular weight is 347 g/mol. The van der Waals surface area contributed by atoms with E-state index in [0.29, 0.717) is 15.6 Å². The van der Waals surface area contributed by atoms with Gasteiger partial charge in [-0.3, -0.25) is 4.79 Å². The van der Waals surface area contributed by atoms with Gasteiger partial charge in [-0.2, -0.15) is 0 Å². The zero-order chi connectivity index (χ0) is 14.4. The Labute approximate surface area is 121 Å². The maximum atomic E-state index is 12.3. The van der Waals surface area contributed by atoms with Crippen LogP contribution in [0.1, 0.15) is 28.8 Å². The normalized spacial score (nSPS) is 15.4. The van der Waals surface area contributed by atoms with Gasteiger partial charge in [-0.25, -0.2) is 13.6 Å². The van der Waals surface area contributed by atoms with E-state index in [9.17, 15) is 13.2 Å². The Hall–Kier alpha value is -0.920. The summed E-state index contributed by atoms with van der Waals surface area (Å²) in [6.45, 7) is 1.60. The summed E-state index contributed by atoms with van der Waals surface area (Å²) < 4.78 is 23.6. The third kappa shape index (κ3) is 2.98. The fourth-order valence-electron chi connectivity index (χ4n) is 1.99. The largest absolute Gasteiger partial charge is 0.339 e. The van der Waals surface area contributed by atoms with Gasteiger partial charge < -0.3 is 4.90 Å². The van der Waals surface area contributed by atoms with E-state index in [1.54, 1.807) is 24.9 Å². The molecule has 1 aromatic carbocycles. The summed E-state index contributed by atoms with van der Waals surface area (Å²) in [4.78, 5) is 14.0. The Morgan fingerprint density at radius 1 is 1.42 bits per heavy atom. The Morgan fingerprint density at radius 2 is 2.00 bits per heavy atom. The van der Waals surface area contributed by atoms with Gasteiger partial charge in [0, 0.05) is 23.1 Å². The number of hydrogen-bond acceptors (Lipinski definition) is 3. The maximum absolute atomic E-state index is 12.3. The number of rotatable bonds is 3. The lowest BCUT2D eigenvalue weighted by Crippen LogP contribution is -2.30. The average Bonchev–Trinajstić information content (AvgIpc) is 3.12. The molecular formula is C12H15BrN2O3S. The lowest BCUT2D eigenvalue weighted by molar-refractivity contribution is 0.0784. The molecule has 0 aromatic heterocycles. The fraction of sp³-hybridized carbons (Fsp3) is 0.417. The van der Waals surface area contributed by atoms with E-state index < -0.39 is 10.0 Å². The molecule has 5 nitrogen and oxygen atoms in total. The highest BCUT2D eigenvalue weighted by molar-refractivity contribution is 9.10. The maximum Gasteiger partial charge on any atom is 0.254 e. The van der Waals surface area contributed by atoms with Crippen LogP contribution in [0.3, 0.4) is 0 Å². The van der Waals surface area contributed by atoms with E-state index in [1.165, 1.54) is 6.07 Å². The van der Waals surface area contributed by atoms with Crippen molar-refractivity contribution in [3.63, 3.8) is 0 Å². The summed E-state index contributed by atoms with van der Waals surface area (Å²) in [5.41, 5.74) is 0.760. The third-order valence-corrected chi connectivity index (χ3v) is 4.77. The molecule has 19 heavy (non-hydrogen) atoms. The number of sulfonamides is 1. The number of benzene rings is 1. The molecule has 0 atom stereocenters. The quantitative estimate of drug-likeness (QED) is 0.903. The molecule has 2 N–H and O–H groups in total. The van der Waals surface area contributed by atoms with Crippen LogP contribution >= 0.6 is 15.9 Å². The second-order valence-electron chi connectivity index (χ2n) is 4.77. The fourth-order valence-corrected chi connectivity index (χ4v) is 3.43. The van der Waals surface area contributed by atoms with Crippen molar-refractivity contribution >= 4 is 31.9 Å². The summed E-state index contributed by atoms with van der Waals surface area (Å²) in [6, 6.07) is 3.31. The van der Waals surface area contributed by atoms with Crippen molar-refractivity contribution in [3.05, 3.63) is 27.7 Å². The summed E-state index contributed by atoms with van der Waals surface area (Å²) in [6.07, 6.45) is 1.99. The van der Waals surface area contributed by atoms with Crippen LogP contribution in [-0.2, 0) is 10.0 Å². The Bertz CT molecular complexity index is 639. The van der Waals surface area contributed by atoms with Crippen molar-refractivity contribution in [2.45, 2.75) is 30.7 Å². The van der Waals surface area contributed by atoms with Gasteiger partial charge in [0.1, 0.15) is 0 Å². The van der Waals surface area contributed by atoms with Crippen LogP contribution in [0.2, 0.25) is 0 Å². The number of primary sulfonamides is 1. The van der Waals surface area contributed by atoms with Crippen LogP contribution in [-0.4, -0.2) is 32.3 Å². The molecule has 0 spiro atoms. The monoisotopic (exact) mass is 346 g/mol. The summed E-state index contributed by atoms with van der Waals surface area (Å²) in [5.74, 6) is -0.175. The minimum Gasteiger partial charge on any atom is -0.339 e. The molecular weight excluding hydrogens is 332 g/mol. The smallest absolute Gasteiger partial charge is 0.254 e. The number of hydrogen-bond donors (Lipinski definition) is 1. The Morgan fingerprint density at radius 3 is 2.47 bits per heavy atom.